The van der Waals surface area contributed by atoms with Crippen LogP contribution in [-0.4, -0.2) is 13.0 Å². The molecule has 0 saturated heterocycles. The molecule has 3 nitrogen and oxygen atoms in total. The Labute approximate surface area is 116 Å². The van der Waals surface area contributed by atoms with Crippen LogP contribution in [0.4, 0.5) is 5.69 Å². The van der Waals surface area contributed by atoms with Crippen LogP contribution in [0.25, 0.3) is 0 Å². The first-order valence-corrected chi connectivity index (χ1v) is 7.24. The molecular weight excluding hydrogens is 236 g/mol. The van der Waals surface area contributed by atoms with E-state index >= 15 is 0 Å². The van der Waals surface area contributed by atoms with Crippen LogP contribution >= 0.6 is 0 Å². The number of carbonyl (C=O) groups excluding carboxylic acids is 1. The predicted molar refractivity (Wildman–Crippen MR) is 81.1 cm³/mol. The van der Waals surface area contributed by atoms with Gasteiger partial charge in [0.2, 0.25) is 5.91 Å². The Morgan fingerprint density at radius 3 is 2.32 bits per heavy atom. The molecule has 0 atom stereocenters. The second-order valence-electron chi connectivity index (χ2n) is 4.99. The molecule has 0 aliphatic heterocycles. The molecule has 1 amide bonds. The van der Waals surface area contributed by atoms with E-state index in [0.717, 1.165) is 24.1 Å². The maximum Gasteiger partial charge on any atom is 0.226 e. The maximum absolute atomic E-state index is 12.0. The van der Waals surface area contributed by atoms with Gasteiger partial charge in [-0.15, -0.1) is 0 Å². The number of anilines is 1. The minimum absolute atomic E-state index is 0.192. The zero-order chi connectivity index (χ0) is 14.1. The van der Waals surface area contributed by atoms with Crippen molar-refractivity contribution < 1.29 is 4.79 Å². The molecule has 1 aromatic carbocycles. The number of nitrogens with zero attached hydrogens (tertiary/aromatic N) is 1. The van der Waals surface area contributed by atoms with Gasteiger partial charge in [0.05, 0.1) is 0 Å². The normalized spacial score (nSPS) is 10.5. The van der Waals surface area contributed by atoms with E-state index in [1.807, 2.05) is 31.3 Å². The van der Waals surface area contributed by atoms with Gasteiger partial charge < -0.3 is 10.6 Å². The fourth-order valence-corrected chi connectivity index (χ4v) is 2.05. The van der Waals surface area contributed by atoms with Crippen molar-refractivity contribution in [2.45, 2.75) is 52.0 Å². The number of nitrogens with two attached hydrogens (primary N) is 1. The average Bonchev–Trinajstić information content (AvgIpc) is 2.46. The number of carbonyl (C=O) groups is 1. The van der Waals surface area contributed by atoms with E-state index in [9.17, 15) is 4.79 Å². The van der Waals surface area contributed by atoms with E-state index < -0.39 is 0 Å². The van der Waals surface area contributed by atoms with Crippen molar-refractivity contribution in [3.05, 3.63) is 29.8 Å². The summed E-state index contributed by atoms with van der Waals surface area (Å²) in [7, 11) is 1.84. The molecule has 0 bridgehead atoms. The summed E-state index contributed by atoms with van der Waals surface area (Å²) in [5.41, 5.74) is 7.59. The van der Waals surface area contributed by atoms with Crippen molar-refractivity contribution in [1.29, 1.82) is 0 Å². The Balaban J connectivity index is 2.38. The van der Waals surface area contributed by atoms with Crippen molar-refractivity contribution in [2.24, 2.45) is 5.73 Å². The zero-order valence-corrected chi connectivity index (χ0v) is 12.2. The molecule has 0 aromatic heterocycles. The van der Waals surface area contributed by atoms with E-state index in [-0.39, 0.29) is 5.91 Å². The smallest absolute Gasteiger partial charge is 0.226 e. The van der Waals surface area contributed by atoms with E-state index in [0.29, 0.717) is 13.0 Å². The van der Waals surface area contributed by atoms with E-state index in [2.05, 4.69) is 6.92 Å². The minimum Gasteiger partial charge on any atom is -0.326 e. The van der Waals surface area contributed by atoms with Gasteiger partial charge >= 0.3 is 0 Å². The molecular formula is C16H26N2O. The molecule has 1 rings (SSSR count). The molecule has 0 aliphatic carbocycles. The molecule has 0 fully saturated rings. The average molecular weight is 262 g/mol. The summed E-state index contributed by atoms with van der Waals surface area (Å²) in [6.07, 6.45) is 6.52. The highest BCUT2D eigenvalue weighted by Crippen LogP contribution is 2.16. The number of unbranched alkanes of at least 4 members (excludes halogenated alkanes) is 4. The van der Waals surface area contributed by atoms with Crippen LogP contribution in [0.5, 0.6) is 0 Å². The maximum atomic E-state index is 12.0. The minimum atomic E-state index is 0.192. The highest BCUT2D eigenvalue weighted by atomic mass is 16.2. The first kappa shape index (κ1) is 15.7. The van der Waals surface area contributed by atoms with Crippen molar-refractivity contribution in [1.82, 2.24) is 0 Å². The van der Waals surface area contributed by atoms with Crippen LogP contribution in [0.3, 0.4) is 0 Å². The van der Waals surface area contributed by atoms with Crippen LogP contribution < -0.4 is 10.6 Å². The SMILES string of the molecule is CCCCCCCC(=O)N(C)c1ccc(CN)cc1. The van der Waals surface area contributed by atoms with Crippen LogP contribution in [0.15, 0.2) is 24.3 Å². The monoisotopic (exact) mass is 262 g/mol. The summed E-state index contributed by atoms with van der Waals surface area (Å²) in [5, 5.41) is 0. The van der Waals surface area contributed by atoms with Crippen molar-refractivity contribution in [3.8, 4) is 0 Å². The van der Waals surface area contributed by atoms with E-state index in [1.165, 1.54) is 19.3 Å². The summed E-state index contributed by atoms with van der Waals surface area (Å²) in [4.78, 5) is 13.8. The van der Waals surface area contributed by atoms with E-state index in [4.69, 9.17) is 5.73 Å². The Kier molecular flexibility index (Phi) is 7.19. The van der Waals surface area contributed by atoms with E-state index in [1.54, 1.807) is 4.90 Å². The third kappa shape index (κ3) is 5.43. The predicted octanol–water partition coefficient (Wildman–Crippen LogP) is 3.47. The summed E-state index contributed by atoms with van der Waals surface area (Å²) >= 11 is 0. The van der Waals surface area contributed by atoms with Gasteiger partial charge in [-0.1, -0.05) is 44.7 Å². The Morgan fingerprint density at radius 1 is 1.11 bits per heavy atom. The Morgan fingerprint density at radius 2 is 1.74 bits per heavy atom. The number of rotatable bonds is 8. The van der Waals surface area contributed by atoms with Gasteiger partial charge in [-0.2, -0.15) is 0 Å². The van der Waals surface area contributed by atoms with Crippen molar-refractivity contribution in [3.63, 3.8) is 0 Å². The Hall–Kier alpha value is -1.35. The fourth-order valence-electron chi connectivity index (χ4n) is 2.05. The molecule has 0 unspecified atom stereocenters. The molecule has 0 radical (unpaired) electrons. The standard InChI is InChI=1S/C16H26N2O/c1-3-4-5-6-7-8-16(19)18(2)15-11-9-14(13-17)10-12-15/h9-12H,3-8,13,17H2,1-2H3. The van der Waals surface area contributed by atoms with Gasteiger partial charge in [-0.05, 0) is 24.1 Å². The topological polar surface area (TPSA) is 46.3 Å². The number of hydrogen-bond acceptors (Lipinski definition) is 2. The lowest BCUT2D eigenvalue weighted by atomic mass is 10.1. The number of benzene rings is 1. The molecule has 106 valence electrons. The molecule has 0 aliphatic rings. The number of hydrogen-bond donors (Lipinski definition) is 1. The number of amides is 1. The molecule has 1 aromatic rings. The molecule has 0 saturated carbocycles. The largest absolute Gasteiger partial charge is 0.326 e. The van der Waals surface area contributed by atoms with Gasteiger partial charge in [0.1, 0.15) is 0 Å². The molecule has 2 N–H and O–H groups in total. The van der Waals surface area contributed by atoms with Crippen LogP contribution in [0.2, 0.25) is 0 Å². The third-order valence-electron chi connectivity index (χ3n) is 3.43. The van der Waals surface area contributed by atoms with Crippen LogP contribution in [0, 0.1) is 0 Å². The summed E-state index contributed by atoms with van der Waals surface area (Å²) in [6.45, 7) is 2.74. The van der Waals surface area contributed by atoms with Gasteiger partial charge in [-0.3, -0.25) is 4.79 Å². The lowest BCUT2D eigenvalue weighted by Gasteiger charge is -2.17. The summed E-state index contributed by atoms with van der Waals surface area (Å²) in [5.74, 6) is 0.192. The Bertz CT molecular complexity index is 373. The van der Waals surface area contributed by atoms with Crippen LogP contribution in [0.1, 0.15) is 51.0 Å². The molecule has 0 spiro atoms. The van der Waals surface area contributed by atoms with Gasteiger partial charge in [-0.25, -0.2) is 0 Å². The van der Waals surface area contributed by atoms with Gasteiger partial charge in [0.25, 0.3) is 0 Å². The summed E-state index contributed by atoms with van der Waals surface area (Å²) in [6, 6.07) is 7.86. The quantitative estimate of drug-likeness (QED) is 0.729. The van der Waals surface area contributed by atoms with Crippen molar-refractivity contribution >= 4 is 11.6 Å². The second-order valence-corrected chi connectivity index (χ2v) is 4.99. The lowest BCUT2D eigenvalue weighted by Crippen LogP contribution is -2.25. The third-order valence-corrected chi connectivity index (χ3v) is 3.43. The highest BCUT2D eigenvalue weighted by molar-refractivity contribution is 5.92. The summed E-state index contributed by atoms with van der Waals surface area (Å²) < 4.78 is 0. The highest BCUT2D eigenvalue weighted by Gasteiger charge is 2.10. The molecule has 3 heteroatoms. The molecule has 19 heavy (non-hydrogen) atoms. The zero-order valence-electron chi connectivity index (χ0n) is 12.2. The van der Waals surface area contributed by atoms with Gasteiger partial charge in [0, 0.05) is 25.7 Å². The fraction of sp³-hybridized carbons (Fsp3) is 0.562. The molecule has 0 heterocycles. The van der Waals surface area contributed by atoms with Gasteiger partial charge in [0.15, 0.2) is 0 Å². The first-order chi connectivity index (χ1) is 9.19. The van der Waals surface area contributed by atoms with Crippen molar-refractivity contribution in [2.75, 3.05) is 11.9 Å². The lowest BCUT2D eigenvalue weighted by molar-refractivity contribution is -0.118. The second kappa shape index (κ2) is 8.70. The van der Waals surface area contributed by atoms with Crippen LogP contribution in [-0.2, 0) is 11.3 Å². The first-order valence-electron chi connectivity index (χ1n) is 7.24.